The lowest BCUT2D eigenvalue weighted by Gasteiger charge is -2.34. The molecule has 0 saturated carbocycles. The molecular formula is C15H25ClN2O. The molecule has 0 saturated heterocycles. The SMILES string of the molecule is CCCCN(CCO)C(c1ccc(Cl)cc1)C(C)N. The van der Waals surface area contributed by atoms with E-state index < -0.39 is 0 Å². The maximum Gasteiger partial charge on any atom is 0.0558 e. The van der Waals surface area contributed by atoms with E-state index in [1.807, 2.05) is 31.2 Å². The second-order valence-corrected chi connectivity index (χ2v) is 5.41. The normalized spacial score (nSPS) is 14.6. The van der Waals surface area contributed by atoms with Crippen molar-refractivity contribution in [1.82, 2.24) is 4.90 Å². The first-order valence-electron chi connectivity index (χ1n) is 6.96. The van der Waals surface area contributed by atoms with Gasteiger partial charge in [-0.2, -0.15) is 0 Å². The van der Waals surface area contributed by atoms with Crippen LogP contribution in [-0.4, -0.2) is 35.7 Å². The number of hydrogen-bond acceptors (Lipinski definition) is 3. The second-order valence-electron chi connectivity index (χ2n) is 4.97. The zero-order valence-corrected chi connectivity index (χ0v) is 12.6. The van der Waals surface area contributed by atoms with Gasteiger partial charge in [-0.3, -0.25) is 4.90 Å². The number of rotatable bonds is 8. The van der Waals surface area contributed by atoms with Crippen molar-refractivity contribution in [3.63, 3.8) is 0 Å². The van der Waals surface area contributed by atoms with Crippen molar-refractivity contribution in [2.24, 2.45) is 5.73 Å². The molecule has 0 fully saturated rings. The third-order valence-electron chi connectivity index (χ3n) is 3.29. The molecule has 0 aromatic heterocycles. The number of aliphatic hydroxyl groups excluding tert-OH is 1. The van der Waals surface area contributed by atoms with Crippen LogP contribution in [0.2, 0.25) is 5.02 Å². The smallest absolute Gasteiger partial charge is 0.0558 e. The van der Waals surface area contributed by atoms with Crippen molar-refractivity contribution in [2.45, 2.75) is 38.8 Å². The molecule has 3 nitrogen and oxygen atoms in total. The summed E-state index contributed by atoms with van der Waals surface area (Å²) in [4.78, 5) is 2.26. The molecule has 0 amide bonds. The highest BCUT2D eigenvalue weighted by molar-refractivity contribution is 6.30. The molecule has 0 aliphatic carbocycles. The lowest BCUT2D eigenvalue weighted by Crippen LogP contribution is -2.41. The fourth-order valence-electron chi connectivity index (χ4n) is 2.39. The Balaban J connectivity index is 2.92. The fraction of sp³-hybridized carbons (Fsp3) is 0.600. The van der Waals surface area contributed by atoms with E-state index in [1.54, 1.807) is 0 Å². The summed E-state index contributed by atoms with van der Waals surface area (Å²) in [6, 6.07) is 7.95. The van der Waals surface area contributed by atoms with E-state index in [0.29, 0.717) is 6.54 Å². The molecule has 1 aromatic carbocycles. The van der Waals surface area contributed by atoms with Gasteiger partial charge < -0.3 is 10.8 Å². The fourth-order valence-corrected chi connectivity index (χ4v) is 2.51. The topological polar surface area (TPSA) is 49.5 Å². The van der Waals surface area contributed by atoms with E-state index in [-0.39, 0.29) is 18.7 Å². The van der Waals surface area contributed by atoms with Crippen LogP contribution in [0.15, 0.2) is 24.3 Å². The molecule has 2 atom stereocenters. The number of aliphatic hydroxyl groups is 1. The van der Waals surface area contributed by atoms with E-state index in [9.17, 15) is 5.11 Å². The van der Waals surface area contributed by atoms with Crippen molar-refractivity contribution >= 4 is 11.6 Å². The second kappa shape index (κ2) is 8.54. The average Bonchev–Trinajstić information content (AvgIpc) is 2.38. The van der Waals surface area contributed by atoms with Crippen LogP contribution in [0.1, 0.15) is 38.3 Å². The lowest BCUT2D eigenvalue weighted by molar-refractivity contribution is 0.135. The highest BCUT2D eigenvalue weighted by Crippen LogP contribution is 2.25. The van der Waals surface area contributed by atoms with Crippen LogP contribution in [0.5, 0.6) is 0 Å². The predicted octanol–water partition coefficient (Wildman–Crippen LogP) is 2.82. The van der Waals surface area contributed by atoms with Gasteiger partial charge in [-0.25, -0.2) is 0 Å². The standard InChI is InChI=1S/C15H25ClN2O/c1-3-4-9-18(10-11-19)15(12(2)17)13-5-7-14(16)8-6-13/h5-8,12,15,19H,3-4,9-11,17H2,1-2H3. The third kappa shape index (κ3) is 5.11. The molecule has 2 unspecified atom stereocenters. The van der Waals surface area contributed by atoms with Gasteiger partial charge in [0.2, 0.25) is 0 Å². The minimum atomic E-state index is 0.00424. The number of hydrogen-bond donors (Lipinski definition) is 2. The summed E-state index contributed by atoms with van der Waals surface area (Å²) in [6.07, 6.45) is 2.24. The van der Waals surface area contributed by atoms with Crippen molar-refractivity contribution in [1.29, 1.82) is 0 Å². The summed E-state index contributed by atoms with van der Waals surface area (Å²) < 4.78 is 0. The van der Waals surface area contributed by atoms with E-state index in [4.69, 9.17) is 17.3 Å². The van der Waals surface area contributed by atoms with Crippen molar-refractivity contribution in [3.8, 4) is 0 Å². The summed E-state index contributed by atoms with van der Waals surface area (Å²) >= 11 is 5.94. The minimum absolute atomic E-state index is 0.00424. The summed E-state index contributed by atoms with van der Waals surface area (Å²) in [5.74, 6) is 0. The maximum absolute atomic E-state index is 9.25. The van der Waals surface area contributed by atoms with E-state index in [1.165, 1.54) is 0 Å². The number of halogens is 1. The van der Waals surface area contributed by atoms with E-state index >= 15 is 0 Å². The van der Waals surface area contributed by atoms with Gasteiger partial charge in [0.1, 0.15) is 0 Å². The first-order chi connectivity index (χ1) is 9.10. The Hall–Kier alpha value is -0.610. The van der Waals surface area contributed by atoms with E-state index in [2.05, 4.69) is 11.8 Å². The van der Waals surface area contributed by atoms with Crippen LogP contribution in [0.4, 0.5) is 0 Å². The zero-order chi connectivity index (χ0) is 14.3. The van der Waals surface area contributed by atoms with Crippen LogP contribution in [0.25, 0.3) is 0 Å². The van der Waals surface area contributed by atoms with Gasteiger partial charge in [-0.1, -0.05) is 37.1 Å². The molecule has 4 heteroatoms. The molecule has 0 aliphatic heterocycles. The van der Waals surface area contributed by atoms with Crippen molar-refractivity contribution in [3.05, 3.63) is 34.9 Å². The van der Waals surface area contributed by atoms with E-state index in [0.717, 1.165) is 30.0 Å². The van der Waals surface area contributed by atoms with Crippen molar-refractivity contribution in [2.75, 3.05) is 19.7 Å². The Morgan fingerprint density at radius 1 is 1.26 bits per heavy atom. The quantitative estimate of drug-likeness (QED) is 0.772. The summed E-state index contributed by atoms with van der Waals surface area (Å²) in [5, 5.41) is 9.99. The average molecular weight is 285 g/mol. The van der Waals surface area contributed by atoms with Crippen LogP contribution in [0, 0.1) is 0 Å². The van der Waals surface area contributed by atoms with Gasteiger partial charge in [0, 0.05) is 23.7 Å². The number of nitrogens with two attached hydrogens (primary N) is 1. The van der Waals surface area contributed by atoms with Crippen LogP contribution < -0.4 is 5.73 Å². The first-order valence-corrected chi connectivity index (χ1v) is 7.33. The summed E-state index contributed by atoms with van der Waals surface area (Å²) in [7, 11) is 0. The Bertz CT molecular complexity index is 354. The minimum Gasteiger partial charge on any atom is -0.395 e. The highest BCUT2D eigenvalue weighted by atomic mass is 35.5. The molecular weight excluding hydrogens is 260 g/mol. The van der Waals surface area contributed by atoms with Gasteiger partial charge in [-0.05, 0) is 37.6 Å². The molecule has 0 radical (unpaired) electrons. The monoisotopic (exact) mass is 284 g/mol. The maximum atomic E-state index is 9.25. The number of unbranched alkanes of at least 4 members (excludes halogenated alkanes) is 1. The first kappa shape index (κ1) is 16.4. The molecule has 0 aliphatic rings. The molecule has 1 rings (SSSR count). The highest BCUT2D eigenvalue weighted by Gasteiger charge is 2.23. The van der Waals surface area contributed by atoms with Gasteiger partial charge >= 0.3 is 0 Å². The Morgan fingerprint density at radius 3 is 2.37 bits per heavy atom. The van der Waals surface area contributed by atoms with Crippen LogP contribution >= 0.6 is 11.6 Å². The summed E-state index contributed by atoms with van der Waals surface area (Å²) in [5.41, 5.74) is 7.31. The van der Waals surface area contributed by atoms with Gasteiger partial charge in [0.05, 0.1) is 6.61 Å². The van der Waals surface area contributed by atoms with Gasteiger partial charge in [0.15, 0.2) is 0 Å². The Morgan fingerprint density at radius 2 is 1.89 bits per heavy atom. The summed E-state index contributed by atoms with van der Waals surface area (Å²) in [6.45, 7) is 5.93. The lowest BCUT2D eigenvalue weighted by atomic mass is 9.98. The molecule has 0 bridgehead atoms. The molecule has 0 spiro atoms. The largest absolute Gasteiger partial charge is 0.395 e. The number of nitrogens with zero attached hydrogens (tertiary/aromatic N) is 1. The Kier molecular flexibility index (Phi) is 7.39. The van der Waals surface area contributed by atoms with Crippen molar-refractivity contribution < 1.29 is 5.11 Å². The van der Waals surface area contributed by atoms with Gasteiger partial charge in [0.25, 0.3) is 0 Å². The van der Waals surface area contributed by atoms with Crippen LogP contribution in [-0.2, 0) is 0 Å². The predicted molar refractivity (Wildman–Crippen MR) is 81.4 cm³/mol. The third-order valence-corrected chi connectivity index (χ3v) is 3.54. The van der Waals surface area contributed by atoms with Crippen LogP contribution in [0.3, 0.4) is 0 Å². The molecule has 1 aromatic rings. The zero-order valence-electron chi connectivity index (χ0n) is 11.8. The molecule has 3 N–H and O–H groups in total. The Labute approximate surface area is 121 Å². The molecule has 0 heterocycles. The molecule has 108 valence electrons. The van der Waals surface area contributed by atoms with Gasteiger partial charge in [-0.15, -0.1) is 0 Å². The number of benzene rings is 1. The molecule has 19 heavy (non-hydrogen) atoms.